The van der Waals surface area contributed by atoms with Crippen LogP contribution in [0.2, 0.25) is 5.02 Å². The number of rotatable bonds is 0. The average Bonchev–Trinajstić information content (AvgIpc) is 2.47. The number of hydrogen-bond acceptors (Lipinski definition) is 4. The number of aliphatic imine (C=N–C) groups is 1. The molecule has 0 radical (unpaired) electrons. The van der Waals surface area contributed by atoms with Crippen LogP contribution in [0.1, 0.15) is 34.0 Å². The quantitative estimate of drug-likeness (QED) is 0.624. The summed E-state index contributed by atoms with van der Waals surface area (Å²) in [6.07, 6.45) is 0. The van der Waals surface area contributed by atoms with E-state index in [-0.39, 0.29) is 33.2 Å². The van der Waals surface area contributed by atoms with Crippen molar-refractivity contribution in [3.63, 3.8) is 0 Å². The number of fused-ring (bicyclic) bond motifs is 2. The molecular weight excluding hydrogens is 306 g/mol. The van der Waals surface area contributed by atoms with Crippen LogP contribution in [-0.4, -0.2) is 27.6 Å². The zero-order valence-corrected chi connectivity index (χ0v) is 12.2. The molecule has 2 aromatic carbocycles. The maximum absolute atomic E-state index is 12.6. The fraction of sp³-hybridized carbons (Fsp3) is 0.0625. The van der Waals surface area contributed by atoms with E-state index in [1.54, 1.807) is 24.3 Å². The molecule has 22 heavy (non-hydrogen) atoms. The molecule has 0 fully saturated rings. The van der Waals surface area contributed by atoms with Gasteiger partial charge in [0, 0.05) is 24.1 Å². The monoisotopic (exact) mass is 315 g/mol. The summed E-state index contributed by atoms with van der Waals surface area (Å²) in [6, 6.07) is 7.66. The third kappa shape index (κ3) is 1.98. The van der Waals surface area contributed by atoms with Crippen molar-refractivity contribution in [2.45, 2.75) is 6.92 Å². The van der Waals surface area contributed by atoms with Crippen molar-refractivity contribution in [3.05, 3.63) is 57.6 Å². The number of phenols is 2. The van der Waals surface area contributed by atoms with E-state index in [4.69, 9.17) is 11.6 Å². The van der Waals surface area contributed by atoms with Gasteiger partial charge >= 0.3 is 0 Å². The number of nitrogens with zero attached hydrogens (tertiary/aromatic N) is 1. The Labute approximate surface area is 130 Å². The number of aromatic hydroxyl groups is 2. The Bertz CT molecular complexity index is 871. The van der Waals surface area contributed by atoms with E-state index in [1.807, 2.05) is 0 Å². The molecule has 0 unspecified atom stereocenters. The molecule has 0 aliphatic heterocycles. The van der Waals surface area contributed by atoms with Crippen molar-refractivity contribution in [2.24, 2.45) is 4.99 Å². The minimum absolute atomic E-state index is 0.0146. The molecule has 2 aromatic rings. The van der Waals surface area contributed by atoms with Crippen molar-refractivity contribution in [1.82, 2.24) is 0 Å². The van der Waals surface area contributed by atoms with Crippen molar-refractivity contribution in [3.8, 4) is 11.5 Å². The third-order valence-electron chi connectivity index (χ3n) is 3.39. The fourth-order valence-corrected chi connectivity index (χ4v) is 2.72. The lowest BCUT2D eigenvalue weighted by molar-refractivity contribution is -0.115. The summed E-state index contributed by atoms with van der Waals surface area (Å²) in [4.78, 5) is 27.9. The highest BCUT2D eigenvalue weighted by Crippen LogP contribution is 2.42. The molecule has 0 saturated carbocycles. The molecule has 0 atom stereocenters. The SMILES string of the molecule is CC(=O)N=C1c2ccccc2C(=O)c2c(O)c(Cl)cc(O)c21. The van der Waals surface area contributed by atoms with Crippen LogP contribution in [0.5, 0.6) is 11.5 Å². The minimum atomic E-state index is -0.487. The molecule has 0 saturated heterocycles. The molecule has 1 aliphatic carbocycles. The summed E-state index contributed by atoms with van der Waals surface area (Å²) in [5, 5.41) is 20.1. The van der Waals surface area contributed by atoms with Crippen LogP contribution in [0.3, 0.4) is 0 Å². The lowest BCUT2D eigenvalue weighted by Gasteiger charge is -2.22. The van der Waals surface area contributed by atoms with Gasteiger partial charge in [-0.25, -0.2) is 4.99 Å². The molecule has 0 aromatic heterocycles. The van der Waals surface area contributed by atoms with E-state index >= 15 is 0 Å². The topological polar surface area (TPSA) is 87.0 Å². The first-order chi connectivity index (χ1) is 10.4. The van der Waals surface area contributed by atoms with Gasteiger partial charge in [-0.2, -0.15) is 0 Å². The van der Waals surface area contributed by atoms with Crippen LogP contribution in [-0.2, 0) is 4.79 Å². The number of ketones is 1. The second kappa shape index (κ2) is 4.96. The second-order valence-corrected chi connectivity index (χ2v) is 5.24. The van der Waals surface area contributed by atoms with Crippen LogP contribution in [0.4, 0.5) is 0 Å². The standard InChI is InChI=1S/C16H10ClNO4/c1-7(19)18-14-8-4-2-3-5-9(8)15(21)13-12(14)11(20)6-10(17)16(13)22/h2-6,20,22H,1H3. The normalized spacial score (nSPS) is 14.6. The number of carbonyl (C=O) groups excluding carboxylic acids is 2. The van der Waals surface area contributed by atoms with E-state index in [0.717, 1.165) is 6.07 Å². The van der Waals surface area contributed by atoms with Crippen LogP contribution >= 0.6 is 11.6 Å². The summed E-state index contributed by atoms with van der Waals surface area (Å²) in [5.41, 5.74) is 0.714. The number of benzene rings is 2. The third-order valence-corrected chi connectivity index (χ3v) is 3.68. The van der Waals surface area contributed by atoms with Gasteiger partial charge in [-0.1, -0.05) is 35.9 Å². The largest absolute Gasteiger partial charge is 0.507 e. The van der Waals surface area contributed by atoms with Crippen molar-refractivity contribution >= 4 is 29.0 Å². The van der Waals surface area contributed by atoms with Gasteiger partial charge in [0.05, 0.1) is 21.9 Å². The van der Waals surface area contributed by atoms with Gasteiger partial charge in [-0.15, -0.1) is 0 Å². The highest BCUT2D eigenvalue weighted by atomic mass is 35.5. The van der Waals surface area contributed by atoms with Gasteiger partial charge in [0.1, 0.15) is 11.5 Å². The smallest absolute Gasteiger partial charge is 0.243 e. The Morgan fingerprint density at radius 3 is 2.41 bits per heavy atom. The van der Waals surface area contributed by atoms with Crippen molar-refractivity contribution < 1.29 is 19.8 Å². The lowest BCUT2D eigenvalue weighted by atomic mass is 9.82. The molecular formula is C16H10ClNO4. The van der Waals surface area contributed by atoms with Crippen LogP contribution in [0, 0.1) is 0 Å². The van der Waals surface area contributed by atoms with E-state index in [0.29, 0.717) is 5.56 Å². The summed E-state index contributed by atoms with van der Waals surface area (Å²) < 4.78 is 0. The predicted molar refractivity (Wildman–Crippen MR) is 81.0 cm³/mol. The Morgan fingerprint density at radius 1 is 1.14 bits per heavy atom. The molecule has 1 aliphatic rings. The van der Waals surface area contributed by atoms with Gasteiger partial charge < -0.3 is 10.2 Å². The average molecular weight is 316 g/mol. The van der Waals surface area contributed by atoms with Crippen LogP contribution in [0.25, 0.3) is 0 Å². The second-order valence-electron chi connectivity index (χ2n) is 4.83. The first-order valence-electron chi connectivity index (χ1n) is 6.40. The molecule has 2 N–H and O–H groups in total. The van der Waals surface area contributed by atoms with Gasteiger partial charge in [0.15, 0.2) is 5.78 Å². The van der Waals surface area contributed by atoms with Gasteiger partial charge in [-0.3, -0.25) is 9.59 Å². The summed E-state index contributed by atoms with van der Waals surface area (Å²) in [6.45, 7) is 1.26. The molecule has 1 amide bonds. The fourth-order valence-electron chi connectivity index (χ4n) is 2.52. The number of hydrogen-bond donors (Lipinski definition) is 2. The number of carbonyl (C=O) groups is 2. The Balaban J connectivity index is 2.47. The minimum Gasteiger partial charge on any atom is -0.507 e. The van der Waals surface area contributed by atoms with E-state index in [2.05, 4.69) is 4.99 Å². The summed E-state index contributed by atoms with van der Waals surface area (Å²) in [5.74, 6) is -1.73. The molecule has 110 valence electrons. The lowest BCUT2D eigenvalue weighted by Crippen LogP contribution is -2.22. The summed E-state index contributed by atoms with van der Waals surface area (Å²) in [7, 11) is 0. The van der Waals surface area contributed by atoms with Gasteiger partial charge in [-0.05, 0) is 0 Å². The Kier molecular flexibility index (Phi) is 3.22. The molecule has 5 nitrogen and oxygen atoms in total. The van der Waals surface area contributed by atoms with Crippen molar-refractivity contribution in [1.29, 1.82) is 0 Å². The van der Waals surface area contributed by atoms with Gasteiger partial charge in [0.2, 0.25) is 5.91 Å². The van der Waals surface area contributed by atoms with E-state index in [1.165, 1.54) is 6.92 Å². The maximum atomic E-state index is 12.6. The first kappa shape index (κ1) is 14.3. The van der Waals surface area contributed by atoms with E-state index in [9.17, 15) is 19.8 Å². The molecule has 0 bridgehead atoms. The Hall–Kier alpha value is -2.66. The predicted octanol–water partition coefficient (Wildman–Crippen LogP) is 2.68. The highest BCUT2D eigenvalue weighted by molar-refractivity contribution is 6.37. The molecule has 3 rings (SSSR count). The molecule has 0 spiro atoms. The van der Waals surface area contributed by atoms with Crippen molar-refractivity contribution in [2.75, 3.05) is 0 Å². The zero-order chi connectivity index (χ0) is 16.0. The summed E-state index contributed by atoms with van der Waals surface area (Å²) >= 11 is 5.83. The number of halogens is 1. The van der Waals surface area contributed by atoms with Crippen LogP contribution < -0.4 is 0 Å². The molecule has 0 heterocycles. The number of amides is 1. The maximum Gasteiger partial charge on any atom is 0.243 e. The zero-order valence-electron chi connectivity index (χ0n) is 11.4. The molecule has 6 heteroatoms. The first-order valence-corrected chi connectivity index (χ1v) is 6.77. The number of phenolic OH excluding ortho intramolecular Hbond substituents is 2. The van der Waals surface area contributed by atoms with E-state index < -0.39 is 17.4 Å². The highest BCUT2D eigenvalue weighted by Gasteiger charge is 2.34. The van der Waals surface area contributed by atoms with Crippen LogP contribution in [0.15, 0.2) is 35.3 Å². The van der Waals surface area contributed by atoms with Gasteiger partial charge in [0.25, 0.3) is 0 Å². The Morgan fingerprint density at radius 2 is 1.77 bits per heavy atom.